The molecule has 1 aliphatic heterocycles. The third kappa shape index (κ3) is 3.95. The van der Waals surface area contributed by atoms with Crippen LogP contribution in [0.3, 0.4) is 0 Å². The minimum atomic E-state index is 0.0511. The van der Waals surface area contributed by atoms with Crippen molar-refractivity contribution in [3.8, 4) is 0 Å². The lowest BCUT2D eigenvalue weighted by atomic mass is 10.1. The van der Waals surface area contributed by atoms with Gasteiger partial charge in [0.25, 0.3) is 0 Å². The Balaban J connectivity index is 2.29. The van der Waals surface area contributed by atoms with E-state index in [1.807, 2.05) is 11.9 Å². The topological polar surface area (TPSA) is 35.6 Å². The fourth-order valence-corrected chi connectivity index (χ4v) is 2.71. The lowest BCUT2D eigenvalue weighted by molar-refractivity contribution is -0.131. The second-order valence-corrected chi connectivity index (χ2v) is 5.18. The number of hydrogen-bond acceptors (Lipinski definition) is 3. The van der Waals surface area contributed by atoms with Gasteiger partial charge in [0.05, 0.1) is 6.04 Å². The largest absolute Gasteiger partial charge is 0.339 e. The first kappa shape index (κ1) is 15.4. The Morgan fingerprint density at radius 1 is 1.44 bits per heavy atom. The molecule has 1 rings (SSSR count). The van der Waals surface area contributed by atoms with E-state index in [0.29, 0.717) is 6.04 Å². The Hall–Kier alpha value is -0.610. The molecule has 1 aliphatic rings. The van der Waals surface area contributed by atoms with Gasteiger partial charge in [0.15, 0.2) is 0 Å². The van der Waals surface area contributed by atoms with E-state index < -0.39 is 0 Å². The van der Waals surface area contributed by atoms with Gasteiger partial charge in [-0.2, -0.15) is 0 Å². The summed E-state index contributed by atoms with van der Waals surface area (Å²) >= 11 is 0. The number of hydrogen-bond donors (Lipinski definition) is 1. The summed E-state index contributed by atoms with van der Waals surface area (Å²) in [6.07, 6.45) is 3.24. The van der Waals surface area contributed by atoms with Crippen LogP contribution < -0.4 is 5.32 Å². The first-order valence-corrected chi connectivity index (χ1v) is 7.34. The second-order valence-electron chi connectivity index (χ2n) is 5.18. The van der Waals surface area contributed by atoms with Gasteiger partial charge in [0.1, 0.15) is 0 Å². The molecule has 1 heterocycles. The van der Waals surface area contributed by atoms with Crippen molar-refractivity contribution in [2.24, 2.45) is 0 Å². The number of amides is 1. The number of carbonyl (C=O) groups excluding carboxylic acids is 1. The zero-order valence-corrected chi connectivity index (χ0v) is 12.4. The first-order valence-electron chi connectivity index (χ1n) is 7.34. The molecule has 2 unspecified atom stereocenters. The molecular formula is C14H29N3O. The number of nitrogens with zero attached hydrogens (tertiary/aromatic N) is 2. The van der Waals surface area contributed by atoms with Crippen molar-refractivity contribution in [3.05, 3.63) is 0 Å². The Morgan fingerprint density at radius 3 is 2.61 bits per heavy atom. The summed E-state index contributed by atoms with van der Waals surface area (Å²) in [6, 6.07) is 0.432. The molecule has 1 fully saturated rings. The first-order chi connectivity index (χ1) is 8.63. The zero-order chi connectivity index (χ0) is 13.5. The molecule has 4 heteroatoms. The fourth-order valence-electron chi connectivity index (χ4n) is 2.71. The van der Waals surface area contributed by atoms with Crippen molar-refractivity contribution in [1.82, 2.24) is 15.1 Å². The minimum Gasteiger partial charge on any atom is -0.339 e. The van der Waals surface area contributed by atoms with Gasteiger partial charge in [-0.05, 0) is 52.9 Å². The number of rotatable bonds is 8. The van der Waals surface area contributed by atoms with Crippen molar-refractivity contribution in [3.63, 3.8) is 0 Å². The average molecular weight is 255 g/mol. The molecule has 0 aliphatic carbocycles. The van der Waals surface area contributed by atoms with Gasteiger partial charge >= 0.3 is 0 Å². The van der Waals surface area contributed by atoms with Gasteiger partial charge < -0.3 is 15.1 Å². The molecule has 2 atom stereocenters. The van der Waals surface area contributed by atoms with Gasteiger partial charge in [0, 0.05) is 12.6 Å². The summed E-state index contributed by atoms with van der Waals surface area (Å²) in [6.45, 7) is 10.9. The van der Waals surface area contributed by atoms with Gasteiger partial charge in [-0.1, -0.05) is 13.8 Å². The smallest absolute Gasteiger partial charge is 0.240 e. The van der Waals surface area contributed by atoms with Gasteiger partial charge in [0.2, 0.25) is 5.91 Å². The summed E-state index contributed by atoms with van der Waals surface area (Å²) in [5.74, 6) is 0.285. The predicted molar refractivity (Wildman–Crippen MR) is 75.7 cm³/mol. The SMILES string of the molecule is CCN(CC)CCCC(C)N1CCC(NC)C1=O. The van der Waals surface area contributed by atoms with Crippen LogP contribution in [0.1, 0.15) is 40.0 Å². The molecular weight excluding hydrogens is 226 g/mol. The van der Waals surface area contributed by atoms with Crippen LogP contribution in [-0.2, 0) is 4.79 Å². The van der Waals surface area contributed by atoms with Crippen LogP contribution in [0, 0.1) is 0 Å². The lowest BCUT2D eigenvalue weighted by Crippen LogP contribution is -2.40. The summed E-state index contributed by atoms with van der Waals surface area (Å²) in [5.41, 5.74) is 0. The van der Waals surface area contributed by atoms with Crippen LogP contribution in [0.25, 0.3) is 0 Å². The molecule has 0 aromatic carbocycles. The van der Waals surface area contributed by atoms with E-state index in [-0.39, 0.29) is 11.9 Å². The highest BCUT2D eigenvalue weighted by Gasteiger charge is 2.32. The van der Waals surface area contributed by atoms with E-state index in [0.717, 1.165) is 39.0 Å². The quantitative estimate of drug-likeness (QED) is 0.710. The van der Waals surface area contributed by atoms with Crippen LogP contribution in [0.4, 0.5) is 0 Å². The summed E-state index contributed by atoms with van der Waals surface area (Å²) in [5, 5.41) is 3.09. The molecule has 0 aromatic rings. The van der Waals surface area contributed by atoms with Crippen LogP contribution >= 0.6 is 0 Å². The molecule has 0 radical (unpaired) electrons. The van der Waals surface area contributed by atoms with Crippen molar-refractivity contribution >= 4 is 5.91 Å². The predicted octanol–water partition coefficient (Wildman–Crippen LogP) is 1.32. The molecule has 106 valence electrons. The maximum Gasteiger partial charge on any atom is 0.240 e. The molecule has 0 spiro atoms. The highest BCUT2D eigenvalue weighted by atomic mass is 16.2. The lowest BCUT2D eigenvalue weighted by Gasteiger charge is -2.26. The molecule has 4 nitrogen and oxygen atoms in total. The normalized spacial score (nSPS) is 21.9. The molecule has 1 N–H and O–H groups in total. The molecule has 0 bridgehead atoms. The number of nitrogens with one attached hydrogen (secondary N) is 1. The van der Waals surface area contributed by atoms with E-state index in [4.69, 9.17) is 0 Å². The van der Waals surface area contributed by atoms with Crippen LogP contribution in [-0.4, -0.2) is 61.0 Å². The van der Waals surface area contributed by atoms with E-state index >= 15 is 0 Å². The minimum absolute atomic E-state index is 0.0511. The van der Waals surface area contributed by atoms with E-state index in [2.05, 4.69) is 31.0 Å². The molecule has 18 heavy (non-hydrogen) atoms. The average Bonchev–Trinajstić information content (AvgIpc) is 2.75. The molecule has 0 saturated carbocycles. The Kier molecular flexibility index (Phi) is 6.65. The van der Waals surface area contributed by atoms with Crippen molar-refractivity contribution in [1.29, 1.82) is 0 Å². The number of likely N-dealkylation sites (tertiary alicyclic amines) is 1. The van der Waals surface area contributed by atoms with Crippen LogP contribution in [0.2, 0.25) is 0 Å². The van der Waals surface area contributed by atoms with Crippen molar-refractivity contribution in [2.75, 3.05) is 33.2 Å². The van der Waals surface area contributed by atoms with E-state index in [1.54, 1.807) is 0 Å². The van der Waals surface area contributed by atoms with Gasteiger partial charge in [-0.3, -0.25) is 4.79 Å². The monoisotopic (exact) mass is 255 g/mol. The molecule has 0 aromatic heterocycles. The Labute approximate surface area is 112 Å². The highest BCUT2D eigenvalue weighted by Crippen LogP contribution is 2.17. The number of carbonyl (C=O) groups is 1. The summed E-state index contributed by atoms with van der Waals surface area (Å²) < 4.78 is 0. The molecule has 1 amide bonds. The van der Waals surface area contributed by atoms with E-state index in [9.17, 15) is 4.79 Å². The third-order valence-electron chi connectivity index (χ3n) is 4.11. The summed E-state index contributed by atoms with van der Waals surface area (Å²) in [7, 11) is 1.87. The van der Waals surface area contributed by atoms with Gasteiger partial charge in [-0.15, -0.1) is 0 Å². The van der Waals surface area contributed by atoms with Crippen molar-refractivity contribution < 1.29 is 4.79 Å². The standard InChI is InChI=1S/C14H29N3O/c1-5-16(6-2)10-7-8-12(3)17-11-9-13(15-4)14(17)18/h12-13,15H,5-11H2,1-4H3. The zero-order valence-electron chi connectivity index (χ0n) is 12.4. The summed E-state index contributed by atoms with van der Waals surface area (Å²) in [4.78, 5) is 16.5. The second kappa shape index (κ2) is 7.74. The maximum atomic E-state index is 12.0. The van der Waals surface area contributed by atoms with Crippen LogP contribution in [0.5, 0.6) is 0 Å². The Morgan fingerprint density at radius 2 is 2.11 bits per heavy atom. The fraction of sp³-hybridized carbons (Fsp3) is 0.929. The van der Waals surface area contributed by atoms with E-state index in [1.165, 1.54) is 6.42 Å². The number of likely N-dealkylation sites (N-methyl/N-ethyl adjacent to an activating group) is 1. The van der Waals surface area contributed by atoms with Gasteiger partial charge in [-0.25, -0.2) is 0 Å². The van der Waals surface area contributed by atoms with Crippen LogP contribution in [0.15, 0.2) is 0 Å². The maximum absolute atomic E-state index is 12.0. The van der Waals surface area contributed by atoms with Crippen molar-refractivity contribution in [2.45, 2.75) is 52.1 Å². The third-order valence-corrected chi connectivity index (χ3v) is 4.11. The molecule has 1 saturated heterocycles. The highest BCUT2D eigenvalue weighted by molar-refractivity contribution is 5.84. The Bertz CT molecular complexity index is 253.